The Morgan fingerprint density at radius 1 is 1.24 bits per heavy atom. The average molecular weight is 354 g/mol. The molecule has 5 nitrogen and oxygen atoms in total. The van der Waals surface area contributed by atoms with Gasteiger partial charge >= 0.3 is 0 Å². The first-order valence-corrected chi connectivity index (χ1v) is 8.64. The summed E-state index contributed by atoms with van der Waals surface area (Å²) in [5, 5.41) is 3.29. The third-order valence-corrected chi connectivity index (χ3v) is 4.33. The molecule has 25 heavy (non-hydrogen) atoms. The maximum absolute atomic E-state index is 13.9. The van der Waals surface area contributed by atoms with Crippen LogP contribution in [0.5, 0.6) is 0 Å². The molecule has 0 aliphatic carbocycles. The Bertz CT molecular complexity index is 599. The van der Waals surface area contributed by atoms with Crippen LogP contribution in [0.2, 0.25) is 0 Å². The van der Waals surface area contributed by atoms with Gasteiger partial charge in [0, 0.05) is 45.9 Å². The molecule has 1 heterocycles. The van der Waals surface area contributed by atoms with Crippen molar-refractivity contribution < 1.29 is 13.5 Å². The predicted octanol–water partition coefficient (Wildman–Crippen LogP) is 2.48. The first-order chi connectivity index (χ1) is 11.9. The normalized spacial score (nSPS) is 16.3. The lowest BCUT2D eigenvalue weighted by Crippen LogP contribution is -2.53. The van der Waals surface area contributed by atoms with E-state index in [9.17, 15) is 8.78 Å². The number of anilines is 1. The molecule has 0 spiro atoms. The molecule has 1 N–H and O–H groups in total. The highest BCUT2D eigenvalue weighted by atomic mass is 19.1. The molecule has 7 heteroatoms. The Morgan fingerprint density at radius 3 is 2.52 bits per heavy atom. The number of ether oxygens (including phenoxy) is 1. The highest BCUT2D eigenvalue weighted by Gasteiger charge is 2.23. The topological polar surface area (TPSA) is 40.1 Å². The summed E-state index contributed by atoms with van der Waals surface area (Å²) in [4.78, 5) is 8.68. The van der Waals surface area contributed by atoms with Gasteiger partial charge in [0.2, 0.25) is 0 Å². The number of methoxy groups -OCH3 is 1. The number of halogens is 2. The first-order valence-electron chi connectivity index (χ1n) is 8.64. The molecular formula is C18H28F2N4O. The van der Waals surface area contributed by atoms with Crippen molar-refractivity contribution in [1.29, 1.82) is 0 Å². The summed E-state index contributed by atoms with van der Waals surface area (Å²) in [5.74, 6) is 0.0137. The number of hydrogen-bond donors (Lipinski definition) is 1. The molecule has 2 rings (SSSR count). The summed E-state index contributed by atoms with van der Waals surface area (Å²) in [6, 6.07) is 3.57. The van der Waals surface area contributed by atoms with E-state index in [1.165, 1.54) is 12.1 Å². The van der Waals surface area contributed by atoms with E-state index >= 15 is 0 Å². The lowest BCUT2D eigenvalue weighted by atomic mass is 10.1. The smallest absolute Gasteiger partial charge is 0.194 e. The summed E-state index contributed by atoms with van der Waals surface area (Å²) >= 11 is 0. The van der Waals surface area contributed by atoms with E-state index < -0.39 is 11.6 Å². The van der Waals surface area contributed by atoms with Gasteiger partial charge in [-0.15, -0.1) is 0 Å². The Labute approximate surface area is 148 Å². The van der Waals surface area contributed by atoms with Crippen molar-refractivity contribution in [3.63, 3.8) is 0 Å². The Morgan fingerprint density at radius 2 is 1.92 bits per heavy atom. The molecule has 0 radical (unpaired) electrons. The van der Waals surface area contributed by atoms with E-state index in [4.69, 9.17) is 4.74 Å². The third kappa shape index (κ3) is 5.29. The molecule has 0 amide bonds. The zero-order chi connectivity index (χ0) is 18.4. The number of rotatable bonds is 5. The SMILES string of the molecule is CCNC(=NCC(C)(C)OC)N1CCN(c2cc(F)ccc2F)CC1. The van der Waals surface area contributed by atoms with Gasteiger partial charge in [0.15, 0.2) is 5.96 Å². The molecule has 1 aromatic rings. The molecule has 1 fully saturated rings. The van der Waals surface area contributed by atoms with Gasteiger partial charge in [0.1, 0.15) is 11.6 Å². The van der Waals surface area contributed by atoms with E-state index in [-0.39, 0.29) is 5.60 Å². The monoisotopic (exact) mass is 354 g/mol. The fourth-order valence-electron chi connectivity index (χ4n) is 2.64. The molecule has 1 aliphatic heterocycles. The maximum Gasteiger partial charge on any atom is 0.194 e. The van der Waals surface area contributed by atoms with Gasteiger partial charge < -0.3 is 19.9 Å². The van der Waals surface area contributed by atoms with Crippen LogP contribution in [0.3, 0.4) is 0 Å². The van der Waals surface area contributed by atoms with Crippen LogP contribution in [-0.2, 0) is 4.74 Å². The number of nitrogens with zero attached hydrogens (tertiary/aromatic N) is 3. The largest absolute Gasteiger partial charge is 0.377 e. The number of guanidine groups is 1. The van der Waals surface area contributed by atoms with Gasteiger partial charge in [-0.25, -0.2) is 8.78 Å². The van der Waals surface area contributed by atoms with Crippen molar-refractivity contribution in [2.24, 2.45) is 4.99 Å². The summed E-state index contributed by atoms with van der Waals surface area (Å²) in [7, 11) is 1.68. The van der Waals surface area contributed by atoms with Crippen molar-refractivity contribution >= 4 is 11.6 Å². The molecule has 1 aromatic carbocycles. The molecule has 0 aromatic heterocycles. The quantitative estimate of drug-likeness (QED) is 0.651. The average Bonchev–Trinajstić information content (AvgIpc) is 2.61. The maximum atomic E-state index is 13.9. The molecule has 0 bridgehead atoms. The van der Waals surface area contributed by atoms with Crippen LogP contribution in [0.15, 0.2) is 23.2 Å². The van der Waals surface area contributed by atoms with E-state index in [0.29, 0.717) is 38.4 Å². The highest BCUT2D eigenvalue weighted by Crippen LogP contribution is 2.22. The summed E-state index contributed by atoms with van der Waals surface area (Å²) in [6.45, 7) is 9.92. The van der Waals surface area contributed by atoms with E-state index in [0.717, 1.165) is 18.6 Å². The van der Waals surface area contributed by atoms with Crippen LogP contribution in [0.4, 0.5) is 14.5 Å². The fraction of sp³-hybridized carbons (Fsp3) is 0.611. The van der Waals surface area contributed by atoms with E-state index in [1.807, 2.05) is 25.7 Å². The van der Waals surface area contributed by atoms with Crippen molar-refractivity contribution in [2.75, 3.05) is 51.3 Å². The van der Waals surface area contributed by atoms with Gasteiger partial charge in [0.05, 0.1) is 17.8 Å². The minimum Gasteiger partial charge on any atom is -0.377 e. The Kier molecular flexibility index (Phi) is 6.58. The molecule has 0 unspecified atom stereocenters. The summed E-state index contributed by atoms with van der Waals surface area (Å²) in [6.07, 6.45) is 0. The lowest BCUT2D eigenvalue weighted by Gasteiger charge is -2.38. The molecule has 1 aliphatic rings. The second-order valence-electron chi connectivity index (χ2n) is 6.70. The first kappa shape index (κ1) is 19.4. The van der Waals surface area contributed by atoms with Crippen molar-refractivity contribution in [2.45, 2.75) is 26.4 Å². The molecule has 1 saturated heterocycles. The van der Waals surface area contributed by atoms with Crippen LogP contribution < -0.4 is 10.2 Å². The van der Waals surface area contributed by atoms with Gasteiger partial charge in [-0.05, 0) is 32.9 Å². The van der Waals surface area contributed by atoms with Crippen molar-refractivity contribution in [3.8, 4) is 0 Å². The van der Waals surface area contributed by atoms with Crippen LogP contribution in [0, 0.1) is 11.6 Å². The number of piperazine rings is 1. The second-order valence-corrected chi connectivity index (χ2v) is 6.70. The number of nitrogens with one attached hydrogen (secondary N) is 1. The molecule has 0 saturated carbocycles. The van der Waals surface area contributed by atoms with Crippen LogP contribution in [0.1, 0.15) is 20.8 Å². The Hall–Kier alpha value is -1.89. The minimum atomic E-state index is -0.421. The van der Waals surface area contributed by atoms with Crippen molar-refractivity contribution in [3.05, 3.63) is 29.8 Å². The van der Waals surface area contributed by atoms with E-state index in [2.05, 4.69) is 15.2 Å². The van der Waals surface area contributed by atoms with E-state index in [1.54, 1.807) is 7.11 Å². The van der Waals surface area contributed by atoms with Crippen LogP contribution in [-0.4, -0.2) is 62.8 Å². The number of hydrogen-bond acceptors (Lipinski definition) is 3. The van der Waals surface area contributed by atoms with Crippen LogP contribution >= 0.6 is 0 Å². The van der Waals surface area contributed by atoms with Gasteiger partial charge in [-0.3, -0.25) is 4.99 Å². The zero-order valence-corrected chi connectivity index (χ0v) is 15.5. The fourth-order valence-corrected chi connectivity index (χ4v) is 2.64. The van der Waals surface area contributed by atoms with Crippen LogP contribution in [0.25, 0.3) is 0 Å². The third-order valence-electron chi connectivity index (χ3n) is 4.33. The zero-order valence-electron chi connectivity index (χ0n) is 15.5. The summed E-state index contributed by atoms with van der Waals surface area (Å²) < 4.78 is 32.8. The molecular weight excluding hydrogens is 326 g/mol. The van der Waals surface area contributed by atoms with Gasteiger partial charge in [-0.2, -0.15) is 0 Å². The van der Waals surface area contributed by atoms with Gasteiger partial charge in [-0.1, -0.05) is 0 Å². The highest BCUT2D eigenvalue weighted by molar-refractivity contribution is 5.80. The summed E-state index contributed by atoms with van der Waals surface area (Å²) in [5.41, 5.74) is -0.00481. The van der Waals surface area contributed by atoms with Gasteiger partial charge in [0.25, 0.3) is 0 Å². The standard InChI is InChI=1S/C18H28F2N4O/c1-5-21-17(22-13-18(2,3)25-4)24-10-8-23(9-11-24)16-12-14(19)6-7-15(16)20/h6-7,12H,5,8-11,13H2,1-4H3,(H,21,22). The number of benzene rings is 1. The minimum absolute atomic E-state index is 0.321. The predicted molar refractivity (Wildman–Crippen MR) is 97.2 cm³/mol. The number of aliphatic imine (C=N–C) groups is 1. The second kappa shape index (κ2) is 8.47. The molecule has 140 valence electrons. The van der Waals surface area contributed by atoms with Crippen molar-refractivity contribution in [1.82, 2.24) is 10.2 Å². The molecule has 0 atom stereocenters. The Balaban J connectivity index is 2.03. The lowest BCUT2D eigenvalue weighted by molar-refractivity contribution is 0.0308.